The highest BCUT2D eigenvalue weighted by atomic mass is 32.1. The zero-order valence-electron chi connectivity index (χ0n) is 14.8. The van der Waals surface area contributed by atoms with E-state index in [9.17, 15) is 4.79 Å². The molecule has 1 aromatic carbocycles. The van der Waals surface area contributed by atoms with E-state index in [0.717, 1.165) is 48.7 Å². The van der Waals surface area contributed by atoms with Crippen LogP contribution in [-0.2, 0) is 13.1 Å². The third-order valence-corrected chi connectivity index (χ3v) is 5.88. The Morgan fingerprint density at radius 2 is 1.96 bits per heavy atom. The lowest BCUT2D eigenvalue weighted by atomic mass is 10.1. The Kier molecular flexibility index (Phi) is 6.94. The van der Waals surface area contributed by atoms with Crippen molar-refractivity contribution in [2.45, 2.75) is 32.9 Å². The van der Waals surface area contributed by atoms with Crippen LogP contribution >= 0.6 is 22.7 Å². The number of carbonyl (C=O) groups is 1. The molecule has 0 aliphatic carbocycles. The molecule has 6 heteroatoms. The number of thiophene rings is 1. The molecule has 0 radical (unpaired) electrons. The molecule has 0 atom stereocenters. The number of benzene rings is 1. The maximum Gasteiger partial charge on any atom is 0.251 e. The van der Waals surface area contributed by atoms with Gasteiger partial charge in [-0.3, -0.25) is 4.79 Å². The zero-order chi connectivity index (χ0) is 18.2. The number of nitrogens with one attached hydrogen (secondary N) is 2. The van der Waals surface area contributed by atoms with E-state index < -0.39 is 0 Å². The molecule has 0 aliphatic heterocycles. The molecule has 0 saturated carbocycles. The molecule has 3 rings (SSSR count). The summed E-state index contributed by atoms with van der Waals surface area (Å²) in [6.07, 6.45) is 2.09. The first kappa shape index (κ1) is 18.8. The van der Waals surface area contributed by atoms with Gasteiger partial charge in [-0.1, -0.05) is 31.5 Å². The predicted molar refractivity (Wildman–Crippen MR) is 110 cm³/mol. The molecule has 4 nitrogen and oxygen atoms in total. The number of hydrogen-bond acceptors (Lipinski definition) is 5. The van der Waals surface area contributed by atoms with E-state index in [4.69, 9.17) is 0 Å². The van der Waals surface area contributed by atoms with Crippen LogP contribution in [0, 0.1) is 0 Å². The van der Waals surface area contributed by atoms with Crippen LogP contribution in [0.15, 0.2) is 47.2 Å². The van der Waals surface area contributed by atoms with E-state index in [0.29, 0.717) is 5.56 Å². The molecule has 1 amide bonds. The Morgan fingerprint density at radius 1 is 1.12 bits per heavy atom. The lowest BCUT2D eigenvalue weighted by Crippen LogP contribution is -2.24. The third kappa shape index (κ3) is 5.24. The standard InChI is InChI=1S/C20H23N3OS2/c1-2-3-10-22-19(24)16-8-6-15(7-9-16)12-21-13-17-14-26-20(23-17)18-5-4-11-25-18/h4-9,11,14,21H,2-3,10,12-13H2,1H3,(H,22,24). The first-order valence-corrected chi connectivity index (χ1v) is 10.6. The van der Waals surface area contributed by atoms with Gasteiger partial charge in [0.15, 0.2) is 0 Å². The van der Waals surface area contributed by atoms with Crippen LogP contribution in [0.25, 0.3) is 9.88 Å². The van der Waals surface area contributed by atoms with Crippen molar-refractivity contribution in [3.05, 3.63) is 64.0 Å². The van der Waals surface area contributed by atoms with Crippen molar-refractivity contribution in [2.75, 3.05) is 6.54 Å². The Hall–Kier alpha value is -2.02. The molecular weight excluding hydrogens is 362 g/mol. The number of rotatable bonds is 9. The van der Waals surface area contributed by atoms with Crippen LogP contribution in [0.3, 0.4) is 0 Å². The van der Waals surface area contributed by atoms with Gasteiger partial charge in [0.2, 0.25) is 0 Å². The summed E-state index contributed by atoms with van der Waals surface area (Å²) in [6.45, 7) is 4.34. The summed E-state index contributed by atoms with van der Waals surface area (Å²) in [4.78, 5) is 17.9. The molecule has 0 spiro atoms. The second kappa shape index (κ2) is 9.62. The van der Waals surface area contributed by atoms with Gasteiger partial charge in [-0.05, 0) is 35.6 Å². The average Bonchev–Trinajstić information content (AvgIpc) is 3.34. The highest BCUT2D eigenvalue weighted by molar-refractivity contribution is 7.20. The molecular formula is C20H23N3OS2. The molecule has 136 valence electrons. The van der Waals surface area contributed by atoms with Crippen LogP contribution in [0.5, 0.6) is 0 Å². The number of thiazole rings is 1. The first-order valence-electron chi connectivity index (χ1n) is 8.82. The van der Waals surface area contributed by atoms with Crippen LogP contribution < -0.4 is 10.6 Å². The molecule has 3 aromatic rings. The van der Waals surface area contributed by atoms with Gasteiger partial charge in [0, 0.05) is 30.6 Å². The first-order chi connectivity index (χ1) is 12.8. The second-order valence-electron chi connectivity index (χ2n) is 6.03. The van der Waals surface area contributed by atoms with Crippen molar-refractivity contribution in [3.63, 3.8) is 0 Å². The highest BCUT2D eigenvalue weighted by Crippen LogP contribution is 2.27. The molecule has 26 heavy (non-hydrogen) atoms. The number of nitrogens with zero attached hydrogens (tertiary/aromatic N) is 1. The van der Waals surface area contributed by atoms with Gasteiger partial charge in [0.05, 0.1) is 10.6 Å². The van der Waals surface area contributed by atoms with Crippen molar-refractivity contribution in [3.8, 4) is 9.88 Å². The number of amides is 1. The van der Waals surface area contributed by atoms with Crippen molar-refractivity contribution in [1.82, 2.24) is 15.6 Å². The quantitative estimate of drug-likeness (QED) is 0.525. The SMILES string of the molecule is CCCCNC(=O)c1ccc(CNCc2csc(-c3cccs3)n2)cc1. The molecule has 0 fully saturated rings. The predicted octanol–water partition coefficient (Wildman–Crippen LogP) is 4.69. The van der Waals surface area contributed by atoms with E-state index in [1.165, 1.54) is 4.88 Å². The molecule has 0 aliphatic rings. The molecule has 0 saturated heterocycles. The van der Waals surface area contributed by atoms with Crippen LogP contribution in [0.4, 0.5) is 0 Å². The van der Waals surface area contributed by atoms with E-state index >= 15 is 0 Å². The topological polar surface area (TPSA) is 54.0 Å². The fraction of sp³-hybridized carbons (Fsp3) is 0.300. The van der Waals surface area contributed by atoms with E-state index in [2.05, 4.69) is 39.4 Å². The van der Waals surface area contributed by atoms with Gasteiger partial charge in [-0.2, -0.15) is 0 Å². The van der Waals surface area contributed by atoms with Gasteiger partial charge in [-0.25, -0.2) is 4.98 Å². The normalized spacial score (nSPS) is 10.8. The van der Waals surface area contributed by atoms with Crippen molar-refractivity contribution < 1.29 is 4.79 Å². The molecule has 2 aromatic heterocycles. The summed E-state index contributed by atoms with van der Waals surface area (Å²) in [5, 5.41) is 11.6. The minimum Gasteiger partial charge on any atom is -0.352 e. The largest absolute Gasteiger partial charge is 0.352 e. The number of carbonyl (C=O) groups excluding carboxylic acids is 1. The Balaban J connectivity index is 1.46. The summed E-state index contributed by atoms with van der Waals surface area (Å²) >= 11 is 3.40. The summed E-state index contributed by atoms with van der Waals surface area (Å²) < 4.78 is 0. The second-order valence-corrected chi connectivity index (χ2v) is 7.84. The molecule has 0 bridgehead atoms. The van der Waals surface area contributed by atoms with Gasteiger partial charge in [0.1, 0.15) is 5.01 Å². The van der Waals surface area contributed by atoms with E-state index in [1.54, 1.807) is 22.7 Å². The molecule has 2 heterocycles. The Morgan fingerprint density at radius 3 is 2.69 bits per heavy atom. The highest BCUT2D eigenvalue weighted by Gasteiger charge is 2.06. The lowest BCUT2D eigenvalue weighted by Gasteiger charge is -2.06. The number of hydrogen-bond donors (Lipinski definition) is 2. The van der Waals surface area contributed by atoms with Crippen molar-refractivity contribution in [2.24, 2.45) is 0 Å². The van der Waals surface area contributed by atoms with Crippen molar-refractivity contribution >= 4 is 28.6 Å². The van der Waals surface area contributed by atoms with E-state index in [1.807, 2.05) is 30.3 Å². The minimum absolute atomic E-state index is 0.00142. The number of unbranched alkanes of at least 4 members (excludes halogenated alkanes) is 1. The monoisotopic (exact) mass is 385 g/mol. The van der Waals surface area contributed by atoms with Gasteiger partial charge < -0.3 is 10.6 Å². The van der Waals surface area contributed by atoms with Gasteiger partial charge in [-0.15, -0.1) is 22.7 Å². The summed E-state index contributed by atoms with van der Waals surface area (Å²) in [5.74, 6) is 0.00142. The fourth-order valence-electron chi connectivity index (χ4n) is 2.49. The Bertz CT molecular complexity index is 810. The number of aromatic nitrogens is 1. The minimum atomic E-state index is 0.00142. The van der Waals surface area contributed by atoms with Crippen LogP contribution in [-0.4, -0.2) is 17.4 Å². The van der Waals surface area contributed by atoms with E-state index in [-0.39, 0.29) is 5.91 Å². The summed E-state index contributed by atoms with van der Waals surface area (Å²) in [7, 11) is 0. The lowest BCUT2D eigenvalue weighted by molar-refractivity contribution is 0.0953. The van der Waals surface area contributed by atoms with Gasteiger partial charge in [0.25, 0.3) is 5.91 Å². The van der Waals surface area contributed by atoms with Crippen molar-refractivity contribution in [1.29, 1.82) is 0 Å². The van der Waals surface area contributed by atoms with Crippen LogP contribution in [0.2, 0.25) is 0 Å². The summed E-state index contributed by atoms with van der Waals surface area (Å²) in [6, 6.07) is 11.9. The fourth-order valence-corrected chi connectivity index (χ4v) is 4.13. The smallest absolute Gasteiger partial charge is 0.251 e. The zero-order valence-corrected chi connectivity index (χ0v) is 16.5. The average molecular weight is 386 g/mol. The van der Waals surface area contributed by atoms with Gasteiger partial charge >= 0.3 is 0 Å². The molecule has 2 N–H and O–H groups in total. The maximum atomic E-state index is 12.0. The third-order valence-electron chi connectivity index (χ3n) is 3.95. The molecule has 0 unspecified atom stereocenters. The van der Waals surface area contributed by atoms with Crippen LogP contribution in [0.1, 0.15) is 41.4 Å². The summed E-state index contributed by atoms with van der Waals surface area (Å²) in [5.41, 5.74) is 2.93. The Labute approximate surface area is 162 Å². The maximum absolute atomic E-state index is 12.0.